The lowest BCUT2D eigenvalue weighted by molar-refractivity contribution is -0.926. The van der Waals surface area contributed by atoms with Crippen LogP contribution in [0, 0.1) is 22.3 Å². The maximum Gasteiger partial charge on any atom is 0.283 e. The molecule has 2 aliphatic heterocycles. The molecular formula is C31H40N4O4. The number of benzene rings is 2. The van der Waals surface area contributed by atoms with Gasteiger partial charge in [-0.2, -0.15) is 0 Å². The minimum Gasteiger partial charge on any atom is -0.632 e. The van der Waals surface area contributed by atoms with Gasteiger partial charge in [0.25, 0.3) is 11.8 Å². The Labute approximate surface area is 230 Å². The third-order valence-corrected chi connectivity index (χ3v) is 10.2. The van der Waals surface area contributed by atoms with Crippen molar-refractivity contribution < 1.29 is 18.9 Å². The first kappa shape index (κ1) is 26.4. The van der Waals surface area contributed by atoms with Crippen LogP contribution >= 0.6 is 0 Å². The lowest BCUT2D eigenvalue weighted by atomic mass is 10.0. The van der Waals surface area contributed by atoms with Gasteiger partial charge in [0.1, 0.15) is 0 Å². The highest BCUT2D eigenvalue weighted by molar-refractivity contribution is 5.95. The summed E-state index contributed by atoms with van der Waals surface area (Å²) in [5, 5.41) is 35.0. The van der Waals surface area contributed by atoms with Crippen LogP contribution in [-0.2, 0) is 9.59 Å². The van der Waals surface area contributed by atoms with Crippen LogP contribution in [0.5, 0.6) is 0 Å². The van der Waals surface area contributed by atoms with E-state index in [4.69, 9.17) is 0 Å². The third-order valence-electron chi connectivity index (χ3n) is 10.2. The van der Waals surface area contributed by atoms with E-state index < -0.39 is 21.4 Å². The Kier molecular flexibility index (Phi) is 7.22. The zero-order valence-electron chi connectivity index (χ0n) is 22.5. The summed E-state index contributed by atoms with van der Waals surface area (Å²) in [7, 11) is 0. The summed E-state index contributed by atoms with van der Waals surface area (Å²) in [5.41, 5.74) is 1.40. The van der Waals surface area contributed by atoms with Crippen molar-refractivity contribution in [1.82, 2.24) is 0 Å². The van der Waals surface area contributed by atoms with E-state index >= 15 is 0 Å². The van der Waals surface area contributed by atoms with Crippen LogP contribution in [0.2, 0.25) is 0 Å². The number of carbonyl (C=O) groups excluding carboxylic acids is 2. The zero-order valence-corrected chi connectivity index (χ0v) is 22.5. The number of fused-ring (bicyclic) bond motifs is 2. The van der Waals surface area contributed by atoms with E-state index in [9.17, 15) is 20.0 Å². The SMILES string of the molecule is O=C(Nc1ccccc1)[C@@H]1C[C@@H]2CCC[C@@H]2[N@@+]1([O-])CCC[N@@+]1([O-])[C@H](C(=O)Nc2ccccc2)C[C@@H]2CCC[C@@H]21. The molecule has 8 nitrogen and oxygen atoms in total. The predicted octanol–water partition coefficient (Wildman–Crippen LogP) is 5.17. The van der Waals surface area contributed by atoms with Gasteiger partial charge in [-0.05, 0) is 49.9 Å². The Morgan fingerprint density at radius 2 is 1.08 bits per heavy atom. The number of para-hydroxylation sites is 2. The van der Waals surface area contributed by atoms with Crippen LogP contribution < -0.4 is 10.6 Å². The number of carbonyl (C=O) groups is 2. The molecule has 0 radical (unpaired) electrons. The molecule has 39 heavy (non-hydrogen) atoms. The number of likely N-dealkylation sites (tertiary alicyclic amines) is 2. The van der Waals surface area contributed by atoms with Crippen molar-refractivity contribution in [3.8, 4) is 0 Å². The molecule has 2 saturated carbocycles. The van der Waals surface area contributed by atoms with Gasteiger partial charge in [-0.15, -0.1) is 0 Å². The van der Waals surface area contributed by atoms with E-state index in [2.05, 4.69) is 10.6 Å². The number of nitrogens with one attached hydrogen (secondary N) is 2. The van der Waals surface area contributed by atoms with Crippen LogP contribution in [0.15, 0.2) is 60.7 Å². The Morgan fingerprint density at radius 3 is 1.49 bits per heavy atom. The fourth-order valence-corrected chi connectivity index (χ4v) is 8.44. The fraction of sp³-hybridized carbons (Fsp3) is 0.548. The number of hydroxylamine groups is 6. The van der Waals surface area contributed by atoms with Gasteiger partial charge in [-0.3, -0.25) is 9.59 Å². The lowest BCUT2D eigenvalue weighted by Crippen LogP contribution is -2.60. The van der Waals surface area contributed by atoms with Crippen LogP contribution in [0.3, 0.4) is 0 Å². The van der Waals surface area contributed by atoms with Crippen molar-refractivity contribution in [2.75, 3.05) is 23.7 Å². The Bertz CT molecular complexity index is 1090. The normalized spacial score (nSPS) is 36.9. The van der Waals surface area contributed by atoms with Gasteiger partial charge in [0.15, 0.2) is 12.1 Å². The molecule has 2 aromatic rings. The van der Waals surface area contributed by atoms with Gasteiger partial charge in [0, 0.05) is 55.3 Å². The van der Waals surface area contributed by atoms with Crippen molar-refractivity contribution in [3.63, 3.8) is 0 Å². The summed E-state index contributed by atoms with van der Waals surface area (Å²) in [5.74, 6) is 0.0992. The molecule has 2 aliphatic carbocycles. The summed E-state index contributed by atoms with van der Waals surface area (Å²) in [6, 6.07) is 17.1. The highest BCUT2D eigenvalue weighted by Crippen LogP contribution is 2.48. The molecule has 4 aliphatic rings. The van der Waals surface area contributed by atoms with Gasteiger partial charge in [0.05, 0.1) is 25.2 Å². The topological polar surface area (TPSA) is 104 Å². The molecular weight excluding hydrogens is 492 g/mol. The standard InChI is InChI=1S/C31H40N4O4/c36-30(32-24-12-3-1-4-13-24)28-20-22-10-7-16-26(22)34(28,38)18-9-19-35(39)27-17-8-11-23(27)21-29(35)31(37)33-25-14-5-2-6-15-25/h1-6,12-15,22-23,26-29H,7-11,16-21H2,(H,32,36)(H,33,37)/t22-,23-,26-,27-,28-,29-,34-,35-/m0/s1. The van der Waals surface area contributed by atoms with E-state index in [1.807, 2.05) is 60.7 Å². The molecule has 8 atom stereocenters. The van der Waals surface area contributed by atoms with Gasteiger partial charge >= 0.3 is 0 Å². The van der Waals surface area contributed by atoms with E-state index in [0.29, 0.717) is 30.6 Å². The van der Waals surface area contributed by atoms with Crippen molar-refractivity contribution in [1.29, 1.82) is 0 Å². The molecule has 2 saturated heterocycles. The Morgan fingerprint density at radius 1 is 0.667 bits per heavy atom. The van der Waals surface area contributed by atoms with E-state index in [0.717, 1.165) is 38.5 Å². The number of anilines is 2. The van der Waals surface area contributed by atoms with Gasteiger partial charge in [0.2, 0.25) is 0 Å². The van der Waals surface area contributed by atoms with Gasteiger partial charge in [-0.1, -0.05) is 36.4 Å². The highest BCUT2D eigenvalue weighted by atomic mass is 16.6. The number of quaternary nitrogens is 2. The molecule has 6 rings (SSSR count). The first-order chi connectivity index (χ1) is 18.9. The number of amides is 2. The molecule has 2 heterocycles. The summed E-state index contributed by atoms with van der Waals surface area (Å²) >= 11 is 0. The number of rotatable bonds is 8. The van der Waals surface area contributed by atoms with Crippen LogP contribution in [-0.4, -0.2) is 58.4 Å². The molecule has 2 aromatic carbocycles. The van der Waals surface area contributed by atoms with Crippen molar-refractivity contribution in [2.24, 2.45) is 11.8 Å². The highest BCUT2D eigenvalue weighted by Gasteiger charge is 2.56. The van der Waals surface area contributed by atoms with Gasteiger partial charge < -0.3 is 30.3 Å². The minimum atomic E-state index is -0.657. The molecule has 0 bridgehead atoms. The van der Waals surface area contributed by atoms with Crippen LogP contribution in [0.1, 0.15) is 57.8 Å². The maximum absolute atomic E-state index is 14.5. The Hall–Kier alpha value is -2.78. The van der Waals surface area contributed by atoms with Crippen LogP contribution in [0.25, 0.3) is 0 Å². The van der Waals surface area contributed by atoms with Crippen LogP contribution in [0.4, 0.5) is 11.4 Å². The average Bonchev–Trinajstić information content (AvgIpc) is 3.70. The predicted molar refractivity (Wildman–Crippen MR) is 151 cm³/mol. The Balaban J connectivity index is 1.17. The van der Waals surface area contributed by atoms with E-state index in [1.54, 1.807) is 0 Å². The maximum atomic E-state index is 14.5. The molecule has 2 amide bonds. The largest absolute Gasteiger partial charge is 0.632 e. The third kappa shape index (κ3) is 4.88. The van der Waals surface area contributed by atoms with Crippen molar-refractivity contribution in [3.05, 3.63) is 71.1 Å². The first-order valence-corrected chi connectivity index (χ1v) is 14.8. The first-order valence-electron chi connectivity index (χ1n) is 14.8. The number of hydrogen-bond acceptors (Lipinski definition) is 4. The minimum absolute atomic E-state index is 0.0772. The smallest absolute Gasteiger partial charge is 0.283 e. The average molecular weight is 533 g/mol. The lowest BCUT2D eigenvalue weighted by Gasteiger charge is -2.51. The summed E-state index contributed by atoms with van der Waals surface area (Å²) in [6.07, 6.45) is 7.36. The summed E-state index contributed by atoms with van der Waals surface area (Å²) in [6.45, 7) is 0.501. The zero-order chi connectivity index (χ0) is 27.0. The van der Waals surface area contributed by atoms with Crippen molar-refractivity contribution >= 4 is 23.2 Å². The summed E-state index contributed by atoms with van der Waals surface area (Å²) < 4.78 is -1.06. The second kappa shape index (κ2) is 10.7. The molecule has 208 valence electrons. The van der Waals surface area contributed by atoms with E-state index in [-0.39, 0.29) is 48.8 Å². The molecule has 0 unspecified atom stereocenters. The molecule has 8 heteroatoms. The van der Waals surface area contributed by atoms with Crippen molar-refractivity contribution in [2.45, 2.75) is 82.0 Å². The second-order valence-electron chi connectivity index (χ2n) is 12.2. The second-order valence-corrected chi connectivity index (χ2v) is 12.2. The number of nitrogens with zero attached hydrogens (tertiary/aromatic N) is 2. The monoisotopic (exact) mass is 532 g/mol. The molecule has 4 fully saturated rings. The molecule has 2 N–H and O–H groups in total. The quantitative estimate of drug-likeness (QED) is 0.362. The molecule has 0 aromatic heterocycles. The fourth-order valence-electron chi connectivity index (χ4n) is 8.44. The summed E-state index contributed by atoms with van der Waals surface area (Å²) in [4.78, 5) is 26.7. The van der Waals surface area contributed by atoms with E-state index in [1.165, 1.54) is 0 Å². The molecule has 0 spiro atoms. The van der Waals surface area contributed by atoms with Gasteiger partial charge in [-0.25, -0.2) is 0 Å². The number of hydrogen-bond donors (Lipinski definition) is 2.